The summed E-state index contributed by atoms with van der Waals surface area (Å²) >= 11 is 0. The summed E-state index contributed by atoms with van der Waals surface area (Å²) in [5.74, 6) is -6.83. The van der Waals surface area contributed by atoms with Crippen molar-refractivity contribution < 1.29 is 46.9 Å². The van der Waals surface area contributed by atoms with E-state index in [0.29, 0.717) is 32.2 Å². The molecule has 2 heterocycles. The van der Waals surface area contributed by atoms with Crippen LogP contribution in [0.4, 0.5) is 13.2 Å². The van der Waals surface area contributed by atoms with Crippen molar-refractivity contribution in [1.82, 2.24) is 15.6 Å². The summed E-state index contributed by atoms with van der Waals surface area (Å²) in [6.07, 6.45) is -0.843. The quantitative estimate of drug-likeness (QED) is 0.458. The summed E-state index contributed by atoms with van der Waals surface area (Å²) in [4.78, 5) is 61.1. The van der Waals surface area contributed by atoms with Gasteiger partial charge in [0.1, 0.15) is 6.04 Å². The second-order valence-electron chi connectivity index (χ2n) is 9.29. The predicted molar refractivity (Wildman–Crippen MR) is 121 cm³/mol. The zero-order chi connectivity index (χ0) is 27.0. The van der Waals surface area contributed by atoms with Crippen LogP contribution in [-0.2, 0) is 24.1 Å². The van der Waals surface area contributed by atoms with Crippen LogP contribution in [0.3, 0.4) is 0 Å². The topological polar surface area (TPSA) is 114 Å². The largest absolute Gasteiger partial charge is 0.491 e. The lowest BCUT2D eigenvalue weighted by Crippen LogP contribution is -2.57. The van der Waals surface area contributed by atoms with Crippen LogP contribution in [0.5, 0.6) is 0 Å². The van der Waals surface area contributed by atoms with Gasteiger partial charge in [0, 0.05) is 24.2 Å². The van der Waals surface area contributed by atoms with E-state index >= 15 is 0 Å². The number of ketones is 2. The van der Waals surface area contributed by atoms with Gasteiger partial charge in [-0.3, -0.25) is 14.5 Å². The molecule has 2 aliphatic carbocycles. The molecule has 1 N–H and O–H groups in total. The lowest BCUT2D eigenvalue weighted by atomic mass is 9.70. The Morgan fingerprint density at radius 3 is 2.50 bits per heavy atom. The number of nitrogens with one attached hydrogen (secondary N) is 1. The molecular formula is C25H24F3N3O7. The van der Waals surface area contributed by atoms with Crippen molar-refractivity contribution in [2.45, 2.75) is 37.9 Å². The van der Waals surface area contributed by atoms with E-state index in [1.54, 1.807) is 17.1 Å². The van der Waals surface area contributed by atoms with Gasteiger partial charge in [0.15, 0.2) is 17.3 Å². The van der Waals surface area contributed by atoms with E-state index in [4.69, 9.17) is 14.5 Å². The van der Waals surface area contributed by atoms with Crippen LogP contribution in [0.15, 0.2) is 47.9 Å². The average molecular weight is 535 g/mol. The average Bonchev–Trinajstić information content (AvgIpc) is 3.38. The van der Waals surface area contributed by atoms with Crippen LogP contribution in [0, 0.1) is 11.8 Å². The molecule has 10 nitrogen and oxygen atoms in total. The third-order valence-corrected chi connectivity index (χ3v) is 6.91. The van der Waals surface area contributed by atoms with Gasteiger partial charge in [0.2, 0.25) is 0 Å². The summed E-state index contributed by atoms with van der Waals surface area (Å²) in [6.45, 7) is 0.828. The van der Waals surface area contributed by atoms with Crippen molar-refractivity contribution in [2.24, 2.45) is 11.8 Å². The van der Waals surface area contributed by atoms with Gasteiger partial charge in [-0.2, -0.15) is 23.2 Å². The predicted octanol–water partition coefficient (Wildman–Crippen LogP) is 2.64. The highest BCUT2D eigenvalue weighted by Gasteiger charge is 2.48. The second kappa shape index (κ2) is 10.3. The molecule has 4 aliphatic rings. The van der Waals surface area contributed by atoms with Crippen LogP contribution >= 0.6 is 0 Å². The number of rotatable bonds is 3. The number of hydrazine groups is 2. The maximum Gasteiger partial charge on any atom is 0.491 e. The van der Waals surface area contributed by atoms with Crippen LogP contribution in [0.1, 0.15) is 46.4 Å². The summed E-state index contributed by atoms with van der Waals surface area (Å²) in [6, 6.07) is 5.44. The Kier molecular flexibility index (Phi) is 7.07. The third kappa shape index (κ3) is 4.84. The van der Waals surface area contributed by atoms with Gasteiger partial charge in [-0.1, -0.05) is 30.3 Å². The lowest BCUT2D eigenvalue weighted by molar-refractivity contribution is -0.281. The zero-order valence-electron chi connectivity index (χ0n) is 20.0. The van der Waals surface area contributed by atoms with Gasteiger partial charge >= 0.3 is 18.1 Å². The number of fused-ring (bicyclic) bond motifs is 3. The zero-order valence-corrected chi connectivity index (χ0v) is 20.0. The van der Waals surface area contributed by atoms with Crippen LogP contribution in [-0.4, -0.2) is 65.5 Å². The first-order chi connectivity index (χ1) is 18.2. The number of ether oxygens (including phenoxy) is 1. The summed E-state index contributed by atoms with van der Waals surface area (Å²) in [5, 5.41) is 3.17. The van der Waals surface area contributed by atoms with E-state index in [1.165, 1.54) is 23.3 Å². The first-order valence-electron chi connectivity index (χ1n) is 12.2. The number of hydrogen-bond donors (Lipinski definition) is 1. The molecule has 3 atom stereocenters. The molecule has 2 fully saturated rings. The van der Waals surface area contributed by atoms with Crippen LogP contribution in [0.2, 0.25) is 0 Å². The lowest BCUT2D eigenvalue weighted by Gasteiger charge is -2.40. The first kappa shape index (κ1) is 26.1. The van der Waals surface area contributed by atoms with E-state index in [0.717, 1.165) is 6.08 Å². The molecule has 0 saturated carbocycles. The third-order valence-electron chi connectivity index (χ3n) is 6.91. The highest BCUT2D eigenvalue weighted by atomic mass is 19.4. The minimum Gasteiger partial charge on any atom is -0.418 e. The van der Waals surface area contributed by atoms with Gasteiger partial charge in [-0.15, -0.1) is 0 Å². The van der Waals surface area contributed by atoms with Crippen molar-refractivity contribution in [1.29, 1.82) is 0 Å². The number of alkyl halides is 3. The molecule has 0 bridgehead atoms. The Morgan fingerprint density at radius 2 is 1.76 bits per heavy atom. The number of hydrogen-bond acceptors (Lipinski definition) is 10. The van der Waals surface area contributed by atoms with Gasteiger partial charge in [-0.25, -0.2) is 14.6 Å². The minimum atomic E-state index is -5.29. The summed E-state index contributed by atoms with van der Waals surface area (Å²) in [7, 11) is 0. The van der Waals surface area contributed by atoms with Crippen LogP contribution in [0.25, 0.3) is 0 Å². The van der Waals surface area contributed by atoms with E-state index in [-0.39, 0.29) is 35.8 Å². The molecule has 0 radical (unpaired) electrons. The molecular weight excluding hydrogens is 511 g/mol. The Hall–Kier alpha value is -3.55. The number of esters is 1. The Labute approximate surface area is 214 Å². The van der Waals surface area contributed by atoms with E-state index in [1.807, 2.05) is 0 Å². The monoisotopic (exact) mass is 535 g/mol. The van der Waals surface area contributed by atoms with Crippen LogP contribution < -0.4 is 5.43 Å². The number of allylic oxidation sites excluding steroid dienone is 3. The van der Waals surface area contributed by atoms with E-state index < -0.39 is 47.5 Å². The van der Waals surface area contributed by atoms with Crippen molar-refractivity contribution in [3.63, 3.8) is 0 Å². The fourth-order valence-electron chi connectivity index (χ4n) is 5.13. The number of halogens is 3. The van der Waals surface area contributed by atoms with Gasteiger partial charge in [0.05, 0.1) is 24.1 Å². The molecule has 2 unspecified atom stereocenters. The maximum absolute atomic E-state index is 13.6. The maximum atomic E-state index is 13.6. The molecule has 2 aliphatic heterocycles. The number of carbonyl (C=O) groups is 4. The number of Topliss-reactive ketones (excluding diaryl/α,β-unsaturated/α-hetero) is 2. The molecule has 0 spiro atoms. The smallest absolute Gasteiger partial charge is 0.418 e. The molecule has 1 aromatic carbocycles. The summed E-state index contributed by atoms with van der Waals surface area (Å²) in [5.41, 5.74) is 3.13. The van der Waals surface area contributed by atoms with E-state index in [9.17, 15) is 32.3 Å². The van der Waals surface area contributed by atoms with Gasteiger partial charge in [0.25, 0.3) is 0 Å². The molecule has 13 heteroatoms. The Balaban J connectivity index is 1.56. The molecule has 0 aromatic heterocycles. The highest BCUT2D eigenvalue weighted by molar-refractivity contribution is 6.17. The summed E-state index contributed by atoms with van der Waals surface area (Å²) < 4.78 is 44.1. The number of benzene rings is 1. The molecule has 5 rings (SSSR count). The van der Waals surface area contributed by atoms with Crippen molar-refractivity contribution in [3.05, 3.63) is 59.0 Å². The SMILES string of the molecule is O=C1c2ccccc2C(=O)C2C(NN3CCCCOOC(=O)[C@@H]4CCCN43)=C(OC(=O)C(F)(F)F)C=CC12. The van der Waals surface area contributed by atoms with Gasteiger partial charge in [-0.05, 0) is 31.8 Å². The number of nitrogens with zero attached hydrogens (tertiary/aromatic N) is 2. The van der Waals surface area contributed by atoms with Crippen molar-refractivity contribution in [2.75, 3.05) is 19.7 Å². The Bertz CT molecular complexity index is 1230. The standard InChI is InChI=1S/C25H24F3N3O7/c26-25(27,28)24(35)37-18-10-9-16-19(22(33)15-7-2-1-6-14(15)21(16)32)20(18)29-31-12-3-4-13-36-38-23(34)17-8-5-11-30(17)31/h1-2,6-7,9-10,16-17,19,29H,3-5,8,11-13H2/t16?,17-,19?/m0/s1. The van der Waals surface area contributed by atoms with Gasteiger partial charge < -0.3 is 10.2 Å². The minimum absolute atomic E-state index is 0.121. The normalized spacial score (nSPS) is 26.8. The van der Waals surface area contributed by atoms with Crippen molar-refractivity contribution in [3.8, 4) is 0 Å². The molecule has 0 amide bonds. The number of carbonyl (C=O) groups excluding carboxylic acids is 4. The second-order valence-corrected chi connectivity index (χ2v) is 9.29. The molecule has 1 aromatic rings. The molecule has 202 valence electrons. The first-order valence-corrected chi connectivity index (χ1v) is 12.2. The van der Waals surface area contributed by atoms with Crippen molar-refractivity contribution >= 4 is 23.5 Å². The fraction of sp³-hybridized carbons (Fsp3) is 0.440. The fourth-order valence-corrected chi connectivity index (χ4v) is 5.13. The highest BCUT2D eigenvalue weighted by Crippen LogP contribution is 2.40. The molecule has 38 heavy (non-hydrogen) atoms. The Morgan fingerprint density at radius 1 is 1.03 bits per heavy atom. The molecule has 2 saturated heterocycles. The van der Waals surface area contributed by atoms with E-state index in [2.05, 4.69) is 5.43 Å².